The maximum Gasteiger partial charge on any atom is 0.0236 e. The summed E-state index contributed by atoms with van der Waals surface area (Å²) in [6.45, 7) is 7.40. The summed E-state index contributed by atoms with van der Waals surface area (Å²) in [5, 5.41) is 0. The van der Waals surface area contributed by atoms with Crippen molar-refractivity contribution in [3.8, 4) is 0 Å². The van der Waals surface area contributed by atoms with Gasteiger partial charge in [-0.25, -0.2) is 0 Å². The van der Waals surface area contributed by atoms with Crippen LogP contribution in [0, 0.1) is 11.8 Å². The summed E-state index contributed by atoms with van der Waals surface area (Å²) < 4.78 is 0. The van der Waals surface area contributed by atoms with Crippen LogP contribution in [0.2, 0.25) is 0 Å². The zero-order chi connectivity index (χ0) is 11.8. The molecule has 2 saturated heterocycles. The van der Waals surface area contributed by atoms with E-state index in [1.807, 2.05) is 0 Å². The van der Waals surface area contributed by atoms with E-state index in [2.05, 4.69) is 54.1 Å². The van der Waals surface area contributed by atoms with Crippen LogP contribution in [0.25, 0.3) is 0 Å². The minimum atomic E-state index is 0.741. The molecule has 92 valence electrons. The van der Waals surface area contributed by atoms with E-state index in [-0.39, 0.29) is 0 Å². The highest BCUT2D eigenvalue weighted by molar-refractivity contribution is 5.15. The Morgan fingerprint density at radius 1 is 1.12 bits per heavy atom. The first-order valence-corrected chi connectivity index (χ1v) is 6.70. The SMILES string of the molecule is C[C@@H]1[C@H]2CN(C)C[C@H]2CN1Cc1ccccc1. The second-order valence-electron chi connectivity index (χ2n) is 5.80. The van der Waals surface area contributed by atoms with Crippen molar-refractivity contribution in [2.45, 2.75) is 19.5 Å². The van der Waals surface area contributed by atoms with Crippen molar-refractivity contribution < 1.29 is 0 Å². The molecule has 0 aromatic heterocycles. The van der Waals surface area contributed by atoms with Crippen LogP contribution in [0.5, 0.6) is 0 Å². The van der Waals surface area contributed by atoms with Crippen molar-refractivity contribution in [2.24, 2.45) is 11.8 Å². The second kappa shape index (κ2) is 4.43. The van der Waals surface area contributed by atoms with E-state index in [0.717, 1.165) is 24.4 Å². The number of hydrogen-bond donors (Lipinski definition) is 0. The molecule has 2 heteroatoms. The predicted octanol–water partition coefficient (Wildman–Crippen LogP) is 2.07. The van der Waals surface area contributed by atoms with Crippen LogP contribution < -0.4 is 0 Å². The highest BCUT2D eigenvalue weighted by Crippen LogP contribution is 2.35. The van der Waals surface area contributed by atoms with Gasteiger partial charge in [-0.2, -0.15) is 0 Å². The summed E-state index contributed by atoms with van der Waals surface area (Å²) in [5.41, 5.74) is 1.45. The normalized spacial score (nSPS) is 34.1. The van der Waals surface area contributed by atoms with Gasteiger partial charge in [0.15, 0.2) is 0 Å². The Morgan fingerprint density at radius 3 is 2.59 bits per heavy atom. The van der Waals surface area contributed by atoms with Gasteiger partial charge in [0.1, 0.15) is 0 Å². The Labute approximate surface area is 104 Å². The number of benzene rings is 1. The fourth-order valence-corrected chi connectivity index (χ4v) is 3.62. The van der Waals surface area contributed by atoms with Gasteiger partial charge in [-0.15, -0.1) is 0 Å². The minimum Gasteiger partial charge on any atom is -0.306 e. The maximum atomic E-state index is 2.66. The molecule has 0 unspecified atom stereocenters. The van der Waals surface area contributed by atoms with Crippen LogP contribution in [0.4, 0.5) is 0 Å². The third-order valence-electron chi connectivity index (χ3n) is 4.57. The molecule has 0 N–H and O–H groups in total. The molecule has 2 heterocycles. The van der Waals surface area contributed by atoms with Gasteiger partial charge >= 0.3 is 0 Å². The Kier molecular flexibility index (Phi) is 2.93. The highest BCUT2D eigenvalue weighted by Gasteiger charge is 2.43. The molecule has 1 aromatic carbocycles. The second-order valence-corrected chi connectivity index (χ2v) is 5.80. The number of likely N-dealkylation sites (tertiary alicyclic amines) is 2. The molecule has 3 atom stereocenters. The van der Waals surface area contributed by atoms with Crippen LogP contribution in [0.15, 0.2) is 30.3 Å². The molecular weight excluding hydrogens is 208 g/mol. The fraction of sp³-hybridized carbons (Fsp3) is 0.600. The molecule has 3 rings (SSSR count). The summed E-state index contributed by atoms with van der Waals surface area (Å²) in [7, 11) is 2.26. The number of hydrogen-bond acceptors (Lipinski definition) is 2. The Hall–Kier alpha value is -0.860. The van der Waals surface area contributed by atoms with Crippen LogP contribution >= 0.6 is 0 Å². The Bertz CT molecular complexity index is 376. The summed E-state index contributed by atoms with van der Waals surface area (Å²) in [5.74, 6) is 1.79. The van der Waals surface area contributed by atoms with Crippen molar-refractivity contribution in [3.05, 3.63) is 35.9 Å². The van der Waals surface area contributed by atoms with Gasteiger partial charge in [0.25, 0.3) is 0 Å². The highest BCUT2D eigenvalue weighted by atomic mass is 15.2. The van der Waals surface area contributed by atoms with E-state index in [1.54, 1.807) is 0 Å². The van der Waals surface area contributed by atoms with Crippen LogP contribution in [-0.4, -0.2) is 42.5 Å². The molecule has 1 aromatic rings. The zero-order valence-corrected chi connectivity index (χ0v) is 10.8. The third-order valence-corrected chi connectivity index (χ3v) is 4.57. The van der Waals surface area contributed by atoms with Gasteiger partial charge in [0.2, 0.25) is 0 Å². The third kappa shape index (κ3) is 2.12. The van der Waals surface area contributed by atoms with Gasteiger partial charge in [0.05, 0.1) is 0 Å². The van der Waals surface area contributed by atoms with Crippen LogP contribution in [0.3, 0.4) is 0 Å². The molecule has 0 amide bonds. The van der Waals surface area contributed by atoms with Crippen molar-refractivity contribution >= 4 is 0 Å². The summed E-state index contributed by atoms with van der Waals surface area (Å²) in [4.78, 5) is 5.16. The van der Waals surface area contributed by atoms with E-state index in [4.69, 9.17) is 0 Å². The number of nitrogens with zero attached hydrogens (tertiary/aromatic N) is 2. The summed E-state index contributed by atoms with van der Waals surface area (Å²) in [6.07, 6.45) is 0. The fourth-order valence-electron chi connectivity index (χ4n) is 3.62. The van der Waals surface area contributed by atoms with Crippen molar-refractivity contribution in [3.63, 3.8) is 0 Å². The van der Waals surface area contributed by atoms with E-state index in [9.17, 15) is 0 Å². The first kappa shape index (κ1) is 11.2. The lowest BCUT2D eigenvalue weighted by Crippen LogP contribution is -2.33. The molecular formula is C15H22N2. The standard InChI is InChI=1S/C15H22N2/c1-12-15-11-16(2)9-14(15)10-17(12)8-13-6-4-3-5-7-13/h3-7,12,14-15H,8-11H2,1-2H3/t12-,14+,15-/m1/s1. The summed E-state index contributed by atoms with van der Waals surface area (Å²) in [6, 6.07) is 11.6. The Morgan fingerprint density at radius 2 is 1.88 bits per heavy atom. The zero-order valence-electron chi connectivity index (χ0n) is 10.8. The van der Waals surface area contributed by atoms with Gasteiger partial charge in [-0.1, -0.05) is 30.3 Å². The molecule has 17 heavy (non-hydrogen) atoms. The van der Waals surface area contributed by atoms with Gasteiger partial charge in [0, 0.05) is 32.2 Å². The average molecular weight is 230 g/mol. The van der Waals surface area contributed by atoms with Crippen molar-refractivity contribution in [2.75, 3.05) is 26.7 Å². The molecule has 0 aliphatic carbocycles. The first-order chi connectivity index (χ1) is 8.24. The van der Waals surface area contributed by atoms with E-state index in [0.29, 0.717) is 0 Å². The lowest BCUT2D eigenvalue weighted by molar-refractivity contribution is 0.210. The van der Waals surface area contributed by atoms with Gasteiger partial charge in [-0.05, 0) is 31.4 Å². The predicted molar refractivity (Wildman–Crippen MR) is 70.8 cm³/mol. The number of rotatable bonds is 2. The van der Waals surface area contributed by atoms with Crippen molar-refractivity contribution in [1.29, 1.82) is 0 Å². The lowest BCUT2D eigenvalue weighted by Gasteiger charge is -2.25. The molecule has 2 nitrogen and oxygen atoms in total. The molecule has 2 aliphatic rings. The smallest absolute Gasteiger partial charge is 0.0236 e. The molecule has 2 fully saturated rings. The molecule has 0 radical (unpaired) electrons. The van der Waals surface area contributed by atoms with Gasteiger partial charge < -0.3 is 4.90 Å². The average Bonchev–Trinajstić information content (AvgIpc) is 2.81. The quantitative estimate of drug-likeness (QED) is 0.767. The largest absolute Gasteiger partial charge is 0.306 e. The Balaban J connectivity index is 1.67. The minimum absolute atomic E-state index is 0.741. The topological polar surface area (TPSA) is 6.48 Å². The van der Waals surface area contributed by atoms with E-state index in [1.165, 1.54) is 25.2 Å². The number of fused-ring (bicyclic) bond motifs is 1. The molecule has 2 aliphatic heterocycles. The summed E-state index contributed by atoms with van der Waals surface area (Å²) >= 11 is 0. The van der Waals surface area contributed by atoms with Crippen molar-refractivity contribution in [1.82, 2.24) is 9.80 Å². The molecule has 0 saturated carbocycles. The first-order valence-electron chi connectivity index (χ1n) is 6.70. The van der Waals surface area contributed by atoms with Crippen LogP contribution in [-0.2, 0) is 6.54 Å². The van der Waals surface area contributed by atoms with E-state index < -0.39 is 0 Å². The van der Waals surface area contributed by atoms with E-state index >= 15 is 0 Å². The maximum absolute atomic E-state index is 2.66. The lowest BCUT2D eigenvalue weighted by atomic mass is 9.95. The van der Waals surface area contributed by atoms with Gasteiger partial charge in [-0.3, -0.25) is 4.90 Å². The monoisotopic (exact) mass is 230 g/mol. The molecule has 0 bridgehead atoms. The molecule has 0 spiro atoms. The van der Waals surface area contributed by atoms with Crippen LogP contribution in [0.1, 0.15) is 12.5 Å².